The van der Waals surface area contributed by atoms with Crippen molar-refractivity contribution in [3.63, 3.8) is 0 Å². The van der Waals surface area contributed by atoms with Gasteiger partial charge in [0.25, 0.3) is 0 Å². The minimum absolute atomic E-state index is 0.117. The number of aryl methyl sites for hydroxylation is 3. The molecule has 0 aliphatic carbocycles. The molecule has 1 fully saturated rings. The van der Waals surface area contributed by atoms with Crippen molar-refractivity contribution in [3.05, 3.63) is 52.3 Å². The summed E-state index contributed by atoms with van der Waals surface area (Å²) >= 11 is 0. The molecule has 0 saturated carbocycles. The number of hydrogen-bond acceptors (Lipinski definition) is 4. The Morgan fingerprint density at radius 1 is 1.15 bits per heavy atom. The number of ether oxygens (including phenoxy) is 2. The van der Waals surface area contributed by atoms with E-state index in [-0.39, 0.29) is 12.3 Å². The molecule has 1 aliphatic rings. The molecule has 1 N–H and O–H groups in total. The number of carbonyl (C=O) groups is 1. The maximum Gasteiger partial charge on any atom is 0.245 e. The van der Waals surface area contributed by atoms with Crippen molar-refractivity contribution in [2.24, 2.45) is 5.10 Å². The fraction of sp³-hybridized carbons (Fsp3) is 0.429. The molecule has 0 bridgehead atoms. The first-order valence-electron chi connectivity index (χ1n) is 9.15. The summed E-state index contributed by atoms with van der Waals surface area (Å²) in [5.41, 5.74) is 9.30. The number of carbonyl (C=O) groups excluding carboxylic acids is 1. The van der Waals surface area contributed by atoms with Gasteiger partial charge in [-0.15, -0.1) is 0 Å². The second kappa shape index (κ2) is 7.66. The third-order valence-corrected chi connectivity index (χ3v) is 4.71. The Kier molecular flexibility index (Phi) is 5.48. The Labute approximate surface area is 160 Å². The standard InChI is InChI=1S/C21H27N3O3/c1-14-8-15(2)10-19(9-14)24-16(3)11-18(17(24)4)13-22-23-20(25)12-21(5)26-6-7-27-21/h8-11,13H,6-7,12H2,1-5H3,(H,23,25)/b22-13+. The molecular weight excluding hydrogens is 342 g/mol. The third-order valence-electron chi connectivity index (χ3n) is 4.71. The van der Waals surface area contributed by atoms with Crippen LogP contribution in [0.15, 0.2) is 29.4 Å². The smallest absolute Gasteiger partial charge is 0.245 e. The van der Waals surface area contributed by atoms with Gasteiger partial charge in [0.2, 0.25) is 5.91 Å². The number of rotatable bonds is 5. The molecule has 1 aromatic carbocycles. The monoisotopic (exact) mass is 369 g/mol. The summed E-state index contributed by atoms with van der Waals surface area (Å²) in [5, 5.41) is 4.11. The molecule has 3 rings (SSSR count). The van der Waals surface area contributed by atoms with E-state index in [0.717, 1.165) is 22.6 Å². The van der Waals surface area contributed by atoms with Crippen LogP contribution in [0.4, 0.5) is 0 Å². The number of nitrogens with one attached hydrogen (secondary N) is 1. The van der Waals surface area contributed by atoms with E-state index < -0.39 is 5.79 Å². The second-order valence-electron chi connectivity index (χ2n) is 7.31. The topological polar surface area (TPSA) is 64.9 Å². The first-order valence-corrected chi connectivity index (χ1v) is 9.15. The number of hydrazone groups is 1. The van der Waals surface area contributed by atoms with E-state index in [4.69, 9.17) is 9.47 Å². The van der Waals surface area contributed by atoms with Crippen molar-refractivity contribution in [2.75, 3.05) is 13.2 Å². The van der Waals surface area contributed by atoms with E-state index in [1.807, 2.05) is 0 Å². The molecule has 0 radical (unpaired) electrons. The molecule has 2 aromatic rings. The van der Waals surface area contributed by atoms with E-state index in [2.05, 4.69) is 67.1 Å². The number of hydrogen-bond donors (Lipinski definition) is 1. The molecule has 1 aliphatic heterocycles. The van der Waals surface area contributed by atoms with Crippen LogP contribution in [0.5, 0.6) is 0 Å². The van der Waals surface area contributed by atoms with Crippen molar-refractivity contribution in [3.8, 4) is 5.69 Å². The highest BCUT2D eigenvalue weighted by Gasteiger charge is 2.33. The van der Waals surface area contributed by atoms with Gasteiger partial charge in [0, 0.05) is 22.6 Å². The van der Waals surface area contributed by atoms with Crippen molar-refractivity contribution in [1.82, 2.24) is 9.99 Å². The zero-order chi connectivity index (χ0) is 19.6. The molecule has 1 amide bonds. The van der Waals surface area contributed by atoms with Gasteiger partial charge < -0.3 is 14.0 Å². The molecule has 2 heterocycles. The van der Waals surface area contributed by atoms with Gasteiger partial charge in [0.15, 0.2) is 5.79 Å². The van der Waals surface area contributed by atoms with Crippen LogP contribution in [-0.4, -0.2) is 35.7 Å². The molecule has 0 spiro atoms. The van der Waals surface area contributed by atoms with E-state index in [1.54, 1.807) is 13.1 Å². The van der Waals surface area contributed by atoms with E-state index in [1.165, 1.54) is 11.1 Å². The molecule has 6 nitrogen and oxygen atoms in total. The van der Waals surface area contributed by atoms with Gasteiger partial charge in [-0.1, -0.05) is 6.07 Å². The average molecular weight is 369 g/mol. The summed E-state index contributed by atoms with van der Waals surface area (Å²) in [5.74, 6) is -1.09. The van der Waals surface area contributed by atoms with Crippen LogP contribution in [0.25, 0.3) is 5.69 Å². The van der Waals surface area contributed by atoms with Crippen LogP contribution >= 0.6 is 0 Å². The lowest BCUT2D eigenvalue weighted by molar-refractivity contribution is -0.159. The summed E-state index contributed by atoms with van der Waals surface area (Å²) in [4.78, 5) is 12.1. The lowest BCUT2D eigenvalue weighted by Gasteiger charge is -2.20. The molecular formula is C21H27N3O3. The van der Waals surface area contributed by atoms with E-state index in [0.29, 0.717) is 13.2 Å². The quantitative estimate of drug-likeness (QED) is 0.650. The Hall–Kier alpha value is -2.44. The normalized spacial score (nSPS) is 16.2. The summed E-state index contributed by atoms with van der Waals surface area (Å²) in [6.07, 6.45) is 1.80. The van der Waals surface area contributed by atoms with Crippen molar-refractivity contribution in [2.45, 2.75) is 46.8 Å². The van der Waals surface area contributed by atoms with Crippen LogP contribution in [0.3, 0.4) is 0 Å². The Balaban J connectivity index is 1.72. The summed E-state index contributed by atoms with van der Waals surface area (Å²) in [7, 11) is 0. The van der Waals surface area contributed by atoms with Crippen molar-refractivity contribution >= 4 is 12.1 Å². The summed E-state index contributed by atoms with van der Waals surface area (Å²) in [6, 6.07) is 8.55. The van der Waals surface area contributed by atoms with Gasteiger partial charge in [-0.3, -0.25) is 4.79 Å². The van der Waals surface area contributed by atoms with Crippen LogP contribution < -0.4 is 5.43 Å². The first kappa shape index (κ1) is 19.3. The fourth-order valence-corrected chi connectivity index (χ4v) is 3.56. The van der Waals surface area contributed by atoms with Crippen molar-refractivity contribution in [1.29, 1.82) is 0 Å². The fourth-order valence-electron chi connectivity index (χ4n) is 3.56. The Morgan fingerprint density at radius 3 is 2.41 bits per heavy atom. The molecule has 1 aromatic heterocycles. The number of benzene rings is 1. The van der Waals surface area contributed by atoms with Crippen LogP contribution in [-0.2, 0) is 14.3 Å². The lowest BCUT2D eigenvalue weighted by Crippen LogP contribution is -2.33. The molecule has 0 atom stereocenters. The minimum Gasteiger partial charge on any atom is -0.347 e. The lowest BCUT2D eigenvalue weighted by atomic mass is 10.1. The van der Waals surface area contributed by atoms with Gasteiger partial charge in [-0.2, -0.15) is 5.10 Å². The molecule has 27 heavy (non-hydrogen) atoms. The van der Waals surface area contributed by atoms with Crippen molar-refractivity contribution < 1.29 is 14.3 Å². The second-order valence-corrected chi connectivity index (χ2v) is 7.31. The zero-order valence-electron chi connectivity index (χ0n) is 16.6. The van der Waals surface area contributed by atoms with Crippen LogP contribution in [0, 0.1) is 27.7 Å². The molecule has 1 saturated heterocycles. The maximum absolute atomic E-state index is 12.1. The Morgan fingerprint density at radius 2 is 1.78 bits per heavy atom. The molecule has 6 heteroatoms. The van der Waals surface area contributed by atoms with Gasteiger partial charge >= 0.3 is 0 Å². The summed E-state index contributed by atoms with van der Waals surface area (Å²) in [6.45, 7) is 11.1. The number of amides is 1. The Bertz CT molecular complexity index is 857. The maximum atomic E-state index is 12.1. The summed E-state index contributed by atoms with van der Waals surface area (Å²) < 4.78 is 13.1. The highest BCUT2D eigenvalue weighted by molar-refractivity contribution is 5.84. The van der Waals surface area contributed by atoms with E-state index in [9.17, 15) is 4.79 Å². The van der Waals surface area contributed by atoms with Gasteiger partial charge in [-0.05, 0) is 63.9 Å². The first-order chi connectivity index (χ1) is 12.8. The van der Waals surface area contributed by atoms with Crippen LogP contribution in [0.2, 0.25) is 0 Å². The minimum atomic E-state index is -0.849. The van der Waals surface area contributed by atoms with E-state index >= 15 is 0 Å². The van der Waals surface area contributed by atoms with Gasteiger partial charge in [-0.25, -0.2) is 5.43 Å². The molecule has 0 unspecified atom stereocenters. The van der Waals surface area contributed by atoms with Gasteiger partial charge in [0.1, 0.15) is 0 Å². The zero-order valence-corrected chi connectivity index (χ0v) is 16.6. The SMILES string of the molecule is Cc1cc(C)cc(-n2c(C)cc(/C=N/NC(=O)CC3(C)OCCO3)c2C)c1. The van der Waals surface area contributed by atoms with Gasteiger partial charge in [0.05, 0.1) is 25.8 Å². The predicted molar refractivity (Wildman–Crippen MR) is 105 cm³/mol. The highest BCUT2D eigenvalue weighted by Crippen LogP contribution is 2.23. The predicted octanol–water partition coefficient (Wildman–Crippen LogP) is 3.31. The largest absolute Gasteiger partial charge is 0.347 e. The van der Waals surface area contributed by atoms with Crippen LogP contribution in [0.1, 0.15) is 41.4 Å². The highest BCUT2D eigenvalue weighted by atomic mass is 16.7. The third kappa shape index (κ3) is 4.46. The number of aromatic nitrogens is 1. The average Bonchev–Trinajstić information content (AvgIpc) is 3.10. The molecule has 144 valence electrons. The number of nitrogens with zero attached hydrogens (tertiary/aromatic N) is 2.